The molecule has 0 aliphatic rings. The van der Waals surface area contributed by atoms with Gasteiger partial charge in [-0.1, -0.05) is 48.1 Å². The molecule has 0 fully saturated rings. The Morgan fingerprint density at radius 2 is 1.95 bits per heavy atom. The first-order chi connectivity index (χ1) is 10.0. The normalized spacial score (nSPS) is 11.2. The molecule has 0 aliphatic carbocycles. The summed E-state index contributed by atoms with van der Waals surface area (Å²) < 4.78 is 1.98. The van der Waals surface area contributed by atoms with Crippen LogP contribution in [0.1, 0.15) is 33.5 Å². The standard InChI is InChI=1S/C16H16N2O2S/c1-4-12-14(15(19)20)21-16-17-13(10(3)18(12)16)11-7-5-9(2)6-8-11/h5-8H,4H2,1-3H3,(H,19,20). The predicted octanol–water partition coefficient (Wildman–Crippen LogP) is 3.94. The van der Waals surface area contributed by atoms with Gasteiger partial charge in [0.2, 0.25) is 0 Å². The average Bonchev–Trinajstić information content (AvgIpc) is 2.97. The zero-order valence-corrected chi connectivity index (χ0v) is 13.0. The third kappa shape index (κ3) is 2.14. The van der Waals surface area contributed by atoms with Crippen LogP contribution in [0.3, 0.4) is 0 Å². The molecule has 2 aromatic heterocycles. The van der Waals surface area contributed by atoms with Crippen molar-refractivity contribution in [3.8, 4) is 11.3 Å². The monoisotopic (exact) mass is 300 g/mol. The predicted molar refractivity (Wildman–Crippen MR) is 84.3 cm³/mol. The quantitative estimate of drug-likeness (QED) is 0.797. The zero-order chi connectivity index (χ0) is 15.1. The molecule has 1 N–H and O–H groups in total. The van der Waals surface area contributed by atoms with Crippen molar-refractivity contribution in [3.63, 3.8) is 0 Å². The first-order valence-electron chi connectivity index (χ1n) is 6.84. The molecule has 0 saturated heterocycles. The van der Waals surface area contributed by atoms with Crippen molar-refractivity contribution in [1.29, 1.82) is 0 Å². The van der Waals surface area contributed by atoms with E-state index in [4.69, 9.17) is 0 Å². The van der Waals surface area contributed by atoms with Crippen molar-refractivity contribution in [2.45, 2.75) is 27.2 Å². The van der Waals surface area contributed by atoms with E-state index in [0.717, 1.165) is 27.6 Å². The summed E-state index contributed by atoms with van der Waals surface area (Å²) in [4.78, 5) is 17.1. The van der Waals surface area contributed by atoms with E-state index in [1.807, 2.05) is 18.2 Å². The lowest BCUT2D eigenvalue weighted by Gasteiger charge is -2.03. The minimum absolute atomic E-state index is 0.388. The van der Waals surface area contributed by atoms with Crippen LogP contribution >= 0.6 is 11.3 Å². The minimum atomic E-state index is -0.876. The van der Waals surface area contributed by atoms with Gasteiger partial charge in [0.05, 0.1) is 5.69 Å². The molecule has 0 amide bonds. The summed E-state index contributed by atoms with van der Waals surface area (Å²) >= 11 is 1.24. The van der Waals surface area contributed by atoms with Crippen LogP contribution in [0.4, 0.5) is 0 Å². The van der Waals surface area contributed by atoms with Gasteiger partial charge < -0.3 is 5.11 Å². The number of carboxylic acid groups (broad SMARTS) is 1. The van der Waals surface area contributed by atoms with Crippen LogP contribution in [0.2, 0.25) is 0 Å². The molecule has 3 aromatic rings. The number of hydrogen-bond acceptors (Lipinski definition) is 3. The highest BCUT2D eigenvalue weighted by atomic mass is 32.1. The van der Waals surface area contributed by atoms with Gasteiger partial charge in [-0.3, -0.25) is 4.40 Å². The van der Waals surface area contributed by atoms with Crippen LogP contribution in [-0.4, -0.2) is 20.5 Å². The fourth-order valence-electron chi connectivity index (χ4n) is 2.58. The van der Waals surface area contributed by atoms with E-state index in [2.05, 4.69) is 36.2 Å². The fraction of sp³-hybridized carbons (Fsp3) is 0.250. The van der Waals surface area contributed by atoms with Gasteiger partial charge in [0.25, 0.3) is 0 Å². The van der Waals surface area contributed by atoms with Crippen molar-refractivity contribution in [2.24, 2.45) is 0 Å². The molecule has 0 unspecified atom stereocenters. The minimum Gasteiger partial charge on any atom is -0.477 e. The molecule has 0 bridgehead atoms. The van der Waals surface area contributed by atoms with E-state index < -0.39 is 5.97 Å². The van der Waals surface area contributed by atoms with Gasteiger partial charge in [0.15, 0.2) is 4.96 Å². The van der Waals surface area contributed by atoms with Crippen LogP contribution < -0.4 is 0 Å². The number of benzene rings is 1. The van der Waals surface area contributed by atoms with E-state index in [0.29, 0.717) is 11.3 Å². The molecule has 0 aliphatic heterocycles. The molecule has 21 heavy (non-hydrogen) atoms. The Morgan fingerprint density at radius 3 is 2.52 bits per heavy atom. The van der Waals surface area contributed by atoms with Gasteiger partial charge in [-0.25, -0.2) is 9.78 Å². The van der Waals surface area contributed by atoms with E-state index in [-0.39, 0.29) is 0 Å². The number of hydrogen-bond donors (Lipinski definition) is 1. The fourth-order valence-corrected chi connectivity index (χ4v) is 3.68. The molecule has 0 radical (unpaired) electrons. The summed E-state index contributed by atoms with van der Waals surface area (Å²) in [6.45, 7) is 6.02. The van der Waals surface area contributed by atoms with Gasteiger partial charge in [-0.2, -0.15) is 0 Å². The average molecular weight is 300 g/mol. The van der Waals surface area contributed by atoms with E-state index in [1.165, 1.54) is 16.9 Å². The first-order valence-corrected chi connectivity index (χ1v) is 7.65. The molecule has 0 spiro atoms. The Labute approximate surface area is 126 Å². The number of aryl methyl sites for hydroxylation is 3. The Balaban J connectivity index is 2.24. The van der Waals surface area contributed by atoms with E-state index in [9.17, 15) is 9.90 Å². The molecule has 0 saturated carbocycles. The molecular formula is C16H16N2O2S. The van der Waals surface area contributed by atoms with Crippen molar-refractivity contribution >= 4 is 22.3 Å². The second kappa shape index (κ2) is 5.00. The molecule has 2 heterocycles. The van der Waals surface area contributed by atoms with E-state index >= 15 is 0 Å². The highest BCUT2D eigenvalue weighted by Gasteiger charge is 2.21. The van der Waals surface area contributed by atoms with Crippen LogP contribution in [0.15, 0.2) is 24.3 Å². The smallest absolute Gasteiger partial charge is 0.347 e. The van der Waals surface area contributed by atoms with Crippen LogP contribution in [-0.2, 0) is 6.42 Å². The maximum absolute atomic E-state index is 11.3. The maximum Gasteiger partial charge on any atom is 0.347 e. The van der Waals surface area contributed by atoms with Crippen molar-refractivity contribution in [2.75, 3.05) is 0 Å². The van der Waals surface area contributed by atoms with Crippen LogP contribution in [0.5, 0.6) is 0 Å². The van der Waals surface area contributed by atoms with Crippen LogP contribution in [0.25, 0.3) is 16.2 Å². The lowest BCUT2D eigenvalue weighted by Crippen LogP contribution is -2.01. The second-order valence-electron chi connectivity index (χ2n) is 5.07. The lowest BCUT2D eigenvalue weighted by molar-refractivity contribution is 0.0700. The number of carbonyl (C=O) groups is 1. The number of carboxylic acids is 1. The van der Waals surface area contributed by atoms with Crippen LogP contribution in [0, 0.1) is 13.8 Å². The molecule has 108 valence electrons. The summed E-state index contributed by atoms with van der Waals surface area (Å²) in [5.74, 6) is -0.876. The number of nitrogens with zero attached hydrogens (tertiary/aromatic N) is 2. The number of aromatic carboxylic acids is 1. The van der Waals surface area contributed by atoms with Crippen molar-refractivity contribution < 1.29 is 9.90 Å². The maximum atomic E-state index is 11.3. The number of thiazole rings is 1. The highest BCUT2D eigenvalue weighted by molar-refractivity contribution is 7.19. The number of imidazole rings is 1. The van der Waals surface area contributed by atoms with Crippen molar-refractivity contribution in [3.05, 3.63) is 46.1 Å². The summed E-state index contributed by atoms with van der Waals surface area (Å²) in [5, 5.41) is 9.29. The Bertz CT molecular complexity index is 828. The van der Waals surface area contributed by atoms with Crippen molar-refractivity contribution in [1.82, 2.24) is 9.38 Å². The van der Waals surface area contributed by atoms with Gasteiger partial charge in [0, 0.05) is 17.0 Å². The second-order valence-corrected chi connectivity index (χ2v) is 6.04. The Morgan fingerprint density at radius 1 is 1.29 bits per heavy atom. The van der Waals surface area contributed by atoms with Gasteiger partial charge in [-0.15, -0.1) is 0 Å². The number of aromatic nitrogens is 2. The van der Waals surface area contributed by atoms with Gasteiger partial charge in [0.1, 0.15) is 4.88 Å². The largest absolute Gasteiger partial charge is 0.477 e. The van der Waals surface area contributed by atoms with E-state index in [1.54, 1.807) is 0 Å². The molecule has 1 aromatic carbocycles. The first kappa shape index (κ1) is 13.8. The third-order valence-electron chi connectivity index (χ3n) is 3.66. The third-order valence-corrected chi connectivity index (χ3v) is 4.73. The summed E-state index contributed by atoms with van der Waals surface area (Å²) in [6.07, 6.45) is 0.673. The Kier molecular flexibility index (Phi) is 3.29. The summed E-state index contributed by atoms with van der Waals surface area (Å²) in [7, 11) is 0. The lowest BCUT2D eigenvalue weighted by atomic mass is 10.1. The number of rotatable bonds is 3. The SMILES string of the molecule is CCc1c(C(=O)O)sc2nc(-c3ccc(C)cc3)c(C)n12. The summed E-state index contributed by atoms with van der Waals surface area (Å²) in [5.41, 5.74) is 5.01. The molecule has 3 rings (SSSR count). The Hall–Kier alpha value is -2.14. The van der Waals surface area contributed by atoms with Gasteiger partial charge >= 0.3 is 5.97 Å². The highest BCUT2D eigenvalue weighted by Crippen LogP contribution is 2.31. The topological polar surface area (TPSA) is 54.6 Å². The number of fused-ring (bicyclic) bond motifs is 1. The summed E-state index contributed by atoms with van der Waals surface area (Å²) in [6, 6.07) is 8.23. The molecule has 0 atom stereocenters. The molecule has 5 heteroatoms. The zero-order valence-electron chi connectivity index (χ0n) is 12.2. The van der Waals surface area contributed by atoms with Gasteiger partial charge in [-0.05, 0) is 20.3 Å². The molecular weight excluding hydrogens is 284 g/mol. The molecule has 4 nitrogen and oxygen atoms in total.